The molecule has 8 heteroatoms. The van der Waals surface area contributed by atoms with Gasteiger partial charge in [0, 0.05) is 19.1 Å². The molecule has 0 spiro atoms. The molecule has 1 fully saturated rings. The van der Waals surface area contributed by atoms with Gasteiger partial charge in [-0.2, -0.15) is 0 Å². The highest BCUT2D eigenvalue weighted by Gasteiger charge is 2.37. The van der Waals surface area contributed by atoms with Crippen molar-refractivity contribution in [1.82, 2.24) is 9.80 Å². The van der Waals surface area contributed by atoms with Gasteiger partial charge in [0.2, 0.25) is 5.88 Å². The van der Waals surface area contributed by atoms with E-state index in [4.69, 9.17) is 9.47 Å². The summed E-state index contributed by atoms with van der Waals surface area (Å²) in [5, 5.41) is 9.67. The largest absolute Gasteiger partial charge is 0.482 e. The second-order valence-corrected chi connectivity index (χ2v) is 6.99. The molecule has 1 saturated heterocycles. The van der Waals surface area contributed by atoms with Crippen molar-refractivity contribution in [2.75, 3.05) is 26.9 Å². The maximum atomic E-state index is 13.7. The highest BCUT2D eigenvalue weighted by Crippen LogP contribution is 2.32. The number of carboxylic acids is 1. The van der Waals surface area contributed by atoms with Gasteiger partial charge in [0.25, 0.3) is 0 Å². The average molecular weight is 394 g/mol. The average Bonchev–Trinajstić information content (AvgIpc) is 2.65. The van der Waals surface area contributed by atoms with Gasteiger partial charge >= 0.3 is 5.97 Å². The van der Waals surface area contributed by atoms with Crippen LogP contribution < -0.4 is 0 Å². The van der Waals surface area contributed by atoms with Crippen LogP contribution in [0.1, 0.15) is 19.4 Å². The Morgan fingerprint density at radius 3 is 2.71 bits per heavy atom. The second kappa shape index (κ2) is 8.28. The molecule has 1 aromatic carbocycles. The Morgan fingerprint density at radius 2 is 2.11 bits per heavy atom. The van der Waals surface area contributed by atoms with E-state index < -0.39 is 17.6 Å². The summed E-state index contributed by atoms with van der Waals surface area (Å²) in [7, 11) is 1.41. The molecule has 1 N–H and O–H groups in total. The van der Waals surface area contributed by atoms with Crippen molar-refractivity contribution < 1.29 is 28.2 Å². The zero-order valence-corrected chi connectivity index (χ0v) is 16.1. The predicted octanol–water partition coefficient (Wildman–Crippen LogP) is 2.72. The molecule has 0 bridgehead atoms. The van der Waals surface area contributed by atoms with Crippen LogP contribution in [0.2, 0.25) is 0 Å². The van der Waals surface area contributed by atoms with E-state index >= 15 is 0 Å². The molecule has 0 aliphatic carbocycles. The first-order valence-electron chi connectivity index (χ1n) is 9.08. The fraction of sp³-hybridized carbons (Fsp3) is 0.450. The quantitative estimate of drug-likeness (QED) is 0.829. The van der Waals surface area contributed by atoms with Crippen LogP contribution in [0.4, 0.5) is 8.78 Å². The lowest BCUT2D eigenvalue weighted by molar-refractivity contribution is -0.133. The van der Waals surface area contributed by atoms with Gasteiger partial charge in [-0.1, -0.05) is 6.07 Å². The number of methoxy groups -OCH3 is 1. The molecule has 6 nitrogen and oxygen atoms in total. The molecule has 1 unspecified atom stereocenters. The zero-order chi connectivity index (χ0) is 20.4. The topological polar surface area (TPSA) is 62.2 Å². The van der Waals surface area contributed by atoms with E-state index in [0.29, 0.717) is 30.9 Å². The zero-order valence-electron chi connectivity index (χ0n) is 16.1. The van der Waals surface area contributed by atoms with Crippen LogP contribution in [0, 0.1) is 11.6 Å². The SMILES string of the molecule is COC1=C(C(=O)O)C(C)=CC(N2CCOC[C@H]2C)N1Cc1ccc(F)c(F)c1. The molecule has 2 aliphatic heterocycles. The number of hydrogen-bond donors (Lipinski definition) is 1. The highest BCUT2D eigenvalue weighted by atomic mass is 19.2. The number of nitrogens with zero attached hydrogens (tertiary/aromatic N) is 2. The van der Waals surface area contributed by atoms with Gasteiger partial charge in [0.1, 0.15) is 11.7 Å². The molecule has 28 heavy (non-hydrogen) atoms. The van der Waals surface area contributed by atoms with Gasteiger partial charge in [0.15, 0.2) is 11.6 Å². The van der Waals surface area contributed by atoms with Crippen LogP contribution in [-0.2, 0) is 20.8 Å². The van der Waals surface area contributed by atoms with Crippen LogP contribution in [0.25, 0.3) is 0 Å². The Morgan fingerprint density at radius 1 is 1.36 bits per heavy atom. The molecule has 2 aliphatic rings. The van der Waals surface area contributed by atoms with Crippen LogP contribution in [0.3, 0.4) is 0 Å². The minimum atomic E-state index is -1.10. The van der Waals surface area contributed by atoms with Crippen molar-refractivity contribution >= 4 is 5.97 Å². The minimum Gasteiger partial charge on any atom is -0.482 e. The molecular formula is C20H24F2N2O4. The molecule has 0 amide bonds. The standard InChI is InChI=1S/C20H24F2N2O4/c1-12-8-17(23-6-7-28-11-13(23)2)24(19(27-3)18(12)20(25)26)10-14-4-5-15(21)16(22)9-14/h4-5,8-9,13,17H,6-7,10-11H2,1-3H3,(H,25,26)/t13-,17?/m1/s1. The van der Waals surface area contributed by atoms with Crippen molar-refractivity contribution in [1.29, 1.82) is 0 Å². The number of carbonyl (C=O) groups is 1. The van der Waals surface area contributed by atoms with Crippen LogP contribution in [-0.4, -0.2) is 60.0 Å². The van der Waals surface area contributed by atoms with Gasteiger partial charge in [-0.25, -0.2) is 13.6 Å². The molecule has 2 heterocycles. The first-order valence-corrected chi connectivity index (χ1v) is 9.08. The molecular weight excluding hydrogens is 370 g/mol. The first kappa shape index (κ1) is 20.3. The lowest BCUT2D eigenvalue weighted by Crippen LogP contribution is -2.56. The lowest BCUT2D eigenvalue weighted by Gasteiger charge is -2.46. The summed E-state index contributed by atoms with van der Waals surface area (Å²) in [6.45, 7) is 5.69. The van der Waals surface area contributed by atoms with E-state index in [9.17, 15) is 18.7 Å². The molecule has 0 aromatic heterocycles. The Balaban J connectivity index is 2.04. The number of benzene rings is 1. The van der Waals surface area contributed by atoms with Crippen LogP contribution >= 0.6 is 0 Å². The van der Waals surface area contributed by atoms with Gasteiger partial charge in [-0.3, -0.25) is 4.90 Å². The summed E-state index contributed by atoms with van der Waals surface area (Å²) >= 11 is 0. The molecule has 0 saturated carbocycles. The Hall–Kier alpha value is -2.45. The summed E-state index contributed by atoms with van der Waals surface area (Å²) in [5.41, 5.74) is 1.16. The van der Waals surface area contributed by atoms with Crippen molar-refractivity contribution in [2.45, 2.75) is 32.6 Å². The van der Waals surface area contributed by atoms with Crippen LogP contribution in [0.15, 0.2) is 41.3 Å². The van der Waals surface area contributed by atoms with Gasteiger partial charge in [-0.05, 0) is 43.2 Å². The fourth-order valence-corrected chi connectivity index (χ4v) is 3.72. The monoisotopic (exact) mass is 394 g/mol. The number of ether oxygens (including phenoxy) is 2. The predicted molar refractivity (Wildman–Crippen MR) is 98.1 cm³/mol. The Kier molecular flexibility index (Phi) is 6.00. The number of carboxylic acid groups (broad SMARTS) is 1. The summed E-state index contributed by atoms with van der Waals surface area (Å²) in [6, 6.07) is 3.77. The van der Waals surface area contributed by atoms with Crippen LogP contribution in [0.5, 0.6) is 0 Å². The minimum absolute atomic E-state index is 0.0576. The maximum Gasteiger partial charge on any atom is 0.341 e. The van der Waals surface area contributed by atoms with Crippen molar-refractivity contribution in [3.63, 3.8) is 0 Å². The maximum absolute atomic E-state index is 13.7. The van der Waals surface area contributed by atoms with Gasteiger partial charge < -0.3 is 19.5 Å². The number of halogens is 2. The molecule has 1 aromatic rings. The van der Waals surface area contributed by atoms with E-state index in [1.165, 1.54) is 13.2 Å². The fourth-order valence-electron chi connectivity index (χ4n) is 3.72. The van der Waals surface area contributed by atoms with E-state index in [2.05, 4.69) is 4.90 Å². The second-order valence-electron chi connectivity index (χ2n) is 6.99. The Labute approximate surface area is 162 Å². The number of rotatable bonds is 5. The normalized spacial score (nSPS) is 23.6. The molecule has 152 valence electrons. The summed E-state index contributed by atoms with van der Waals surface area (Å²) in [6.07, 6.45) is 1.57. The van der Waals surface area contributed by atoms with E-state index in [1.54, 1.807) is 11.8 Å². The number of morpholine rings is 1. The third-order valence-corrected chi connectivity index (χ3v) is 5.09. The van der Waals surface area contributed by atoms with E-state index in [1.807, 2.05) is 13.0 Å². The van der Waals surface area contributed by atoms with Crippen molar-refractivity contribution in [2.24, 2.45) is 0 Å². The van der Waals surface area contributed by atoms with Gasteiger partial charge in [-0.15, -0.1) is 0 Å². The molecule has 2 atom stereocenters. The third kappa shape index (κ3) is 3.88. The lowest BCUT2D eigenvalue weighted by atomic mass is 10.0. The van der Waals surface area contributed by atoms with Crippen molar-refractivity contribution in [3.05, 3.63) is 58.5 Å². The molecule has 3 rings (SSSR count). The van der Waals surface area contributed by atoms with E-state index in [-0.39, 0.29) is 30.2 Å². The number of hydrogen-bond acceptors (Lipinski definition) is 5. The third-order valence-electron chi connectivity index (χ3n) is 5.09. The highest BCUT2D eigenvalue weighted by molar-refractivity contribution is 5.92. The first-order chi connectivity index (χ1) is 13.3. The summed E-state index contributed by atoms with van der Waals surface area (Å²) in [5.74, 6) is -2.78. The molecule has 0 radical (unpaired) electrons. The van der Waals surface area contributed by atoms with Gasteiger partial charge in [0.05, 0.1) is 20.3 Å². The summed E-state index contributed by atoms with van der Waals surface area (Å²) < 4.78 is 38.1. The smallest absolute Gasteiger partial charge is 0.341 e. The number of aliphatic carboxylic acids is 1. The van der Waals surface area contributed by atoms with E-state index in [0.717, 1.165) is 12.1 Å². The van der Waals surface area contributed by atoms with Crippen molar-refractivity contribution in [3.8, 4) is 0 Å². The Bertz CT molecular complexity index is 824. The summed E-state index contributed by atoms with van der Waals surface area (Å²) in [4.78, 5) is 15.8.